The smallest absolute Gasteiger partial charge is 0.328 e. The molecule has 5 atom stereocenters. The summed E-state index contributed by atoms with van der Waals surface area (Å²) in [5.74, 6) is -2.56. The van der Waals surface area contributed by atoms with Crippen molar-refractivity contribution < 1.29 is 29.4 Å². The van der Waals surface area contributed by atoms with E-state index in [0.717, 1.165) is 0 Å². The number of aliphatic carboxylic acids is 1. The lowest BCUT2D eigenvalue weighted by Crippen LogP contribution is -2.59. The summed E-state index contributed by atoms with van der Waals surface area (Å²) in [6.07, 6.45) is 4.14. The van der Waals surface area contributed by atoms with Crippen LogP contribution in [0.3, 0.4) is 0 Å². The maximum Gasteiger partial charge on any atom is 0.328 e. The van der Waals surface area contributed by atoms with Gasteiger partial charge in [-0.1, -0.05) is 13.8 Å². The molecular weight excluding hydrogens is 464 g/mol. The highest BCUT2D eigenvalue weighted by atomic mass is 32.2. The minimum atomic E-state index is -1.56. The van der Waals surface area contributed by atoms with E-state index >= 15 is 0 Å². The largest absolute Gasteiger partial charge is 0.480 e. The van der Waals surface area contributed by atoms with E-state index in [1.807, 2.05) is 20.1 Å². The number of aliphatic hydroxyl groups is 1. The molecule has 0 aliphatic heterocycles. The van der Waals surface area contributed by atoms with Gasteiger partial charge < -0.3 is 36.9 Å². The molecule has 0 saturated carbocycles. The van der Waals surface area contributed by atoms with Crippen LogP contribution in [0.2, 0.25) is 0 Å². The molecule has 1 aromatic heterocycles. The fraction of sp³-hybridized carbons (Fsp3) is 0.667. The minimum Gasteiger partial charge on any atom is -0.480 e. The Kier molecular flexibility index (Phi) is 12.6. The number of rotatable bonds is 15. The number of H-pyrrole nitrogens is 1. The molecule has 1 heterocycles. The SMILES string of the molecule is CSCCC(N)C(=O)NC(CC(C)C)C(=O)NC(Cc1cnc[nH]1)C(=O)NC(C(=O)O)C(C)O. The number of nitrogens with one attached hydrogen (secondary N) is 4. The second kappa shape index (κ2) is 14.6. The standard InChI is InChI=1S/C21H36N6O6S/c1-11(2)7-15(25-18(29)14(22)5-6-34-4)19(30)26-16(8-13-9-23-10-24-13)20(31)27-17(12(3)28)21(32)33/h9-12,14-17,28H,5-8,22H2,1-4H3,(H,23,24)(H,25,29)(H,26,30)(H,27,31)(H,32,33). The normalized spacial score (nSPS) is 15.6. The number of hydrogen-bond acceptors (Lipinski definition) is 8. The highest BCUT2D eigenvalue weighted by Crippen LogP contribution is 2.08. The van der Waals surface area contributed by atoms with Gasteiger partial charge >= 0.3 is 5.97 Å². The van der Waals surface area contributed by atoms with Crippen molar-refractivity contribution in [1.82, 2.24) is 25.9 Å². The molecular formula is C21H36N6O6S. The molecule has 0 spiro atoms. The Bertz CT molecular complexity index is 804. The topological polar surface area (TPSA) is 200 Å². The van der Waals surface area contributed by atoms with E-state index in [0.29, 0.717) is 24.3 Å². The van der Waals surface area contributed by atoms with Gasteiger partial charge in [-0.25, -0.2) is 9.78 Å². The van der Waals surface area contributed by atoms with E-state index in [9.17, 15) is 29.4 Å². The average molecular weight is 501 g/mol. The monoisotopic (exact) mass is 500 g/mol. The number of hydrogen-bond donors (Lipinski definition) is 7. The lowest BCUT2D eigenvalue weighted by atomic mass is 10.0. The van der Waals surface area contributed by atoms with Crippen LogP contribution in [0.1, 0.15) is 39.3 Å². The number of nitrogens with zero attached hydrogens (tertiary/aromatic N) is 1. The first-order chi connectivity index (χ1) is 16.0. The molecule has 3 amide bonds. The quantitative estimate of drug-likeness (QED) is 0.158. The van der Waals surface area contributed by atoms with Gasteiger partial charge in [0.15, 0.2) is 6.04 Å². The zero-order valence-electron chi connectivity index (χ0n) is 19.9. The van der Waals surface area contributed by atoms with Gasteiger partial charge in [0.2, 0.25) is 17.7 Å². The van der Waals surface area contributed by atoms with Crippen LogP contribution in [0.15, 0.2) is 12.5 Å². The molecule has 34 heavy (non-hydrogen) atoms. The Labute approximate surface area is 203 Å². The summed E-state index contributed by atoms with van der Waals surface area (Å²) < 4.78 is 0. The number of amides is 3. The van der Waals surface area contributed by atoms with Gasteiger partial charge in [-0.2, -0.15) is 11.8 Å². The van der Waals surface area contributed by atoms with Crippen LogP contribution in [-0.4, -0.2) is 86.2 Å². The number of carbonyl (C=O) groups is 4. The Morgan fingerprint density at radius 3 is 2.21 bits per heavy atom. The van der Waals surface area contributed by atoms with Crippen LogP contribution in [-0.2, 0) is 25.6 Å². The van der Waals surface area contributed by atoms with Gasteiger partial charge in [0, 0.05) is 18.3 Å². The molecule has 12 nitrogen and oxygen atoms in total. The highest BCUT2D eigenvalue weighted by Gasteiger charge is 2.32. The molecule has 13 heteroatoms. The number of carbonyl (C=O) groups excluding carboxylic acids is 3. The fourth-order valence-electron chi connectivity index (χ4n) is 3.10. The maximum atomic E-state index is 13.1. The number of carboxylic acids is 1. The summed E-state index contributed by atoms with van der Waals surface area (Å²) in [7, 11) is 0. The summed E-state index contributed by atoms with van der Waals surface area (Å²) in [6.45, 7) is 5.00. The van der Waals surface area contributed by atoms with Gasteiger partial charge in [-0.3, -0.25) is 14.4 Å². The van der Waals surface area contributed by atoms with Crippen LogP contribution in [0.25, 0.3) is 0 Å². The van der Waals surface area contributed by atoms with Crippen molar-refractivity contribution in [3.63, 3.8) is 0 Å². The Balaban J connectivity index is 3.03. The zero-order chi connectivity index (χ0) is 25.8. The number of carboxylic acid groups (broad SMARTS) is 1. The van der Waals surface area contributed by atoms with Crippen molar-refractivity contribution in [3.8, 4) is 0 Å². The number of aromatic amines is 1. The lowest BCUT2D eigenvalue weighted by molar-refractivity contribution is -0.145. The highest BCUT2D eigenvalue weighted by molar-refractivity contribution is 7.98. The molecule has 5 unspecified atom stereocenters. The molecule has 0 bridgehead atoms. The van der Waals surface area contributed by atoms with E-state index < -0.39 is 54.0 Å². The summed E-state index contributed by atoms with van der Waals surface area (Å²) in [4.78, 5) is 56.6. The molecule has 0 fully saturated rings. The Hall–Kier alpha value is -2.64. The van der Waals surface area contributed by atoms with Gasteiger partial charge in [0.1, 0.15) is 12.1 Å². The first-order valence-corrected chi connectivity index (χ1v) is 12.4. The second-order valence-corrected chi connectivity index (χ2v) is 9.47. The van der Waals surface area contributed by atoms with Crippen molar-refractivity contribution in [1.29, 1.82) is 0 Å². The van der Waals surface area contributed by atoms with Gasteiger partial charge in [0.25, 0.3) is 0 Å². The van der Waals surface area contributed by atoms with E-state index in [-0.39, 0.29) is 12.3 Å². The van der Waals surface area contributed by atoms with Gasteiger partial charge in [-0.15, -0.1) is 0 Å². The van der Waals surface area contributed by atoms with Crippen molar-refractivity contribution >= 4 is 35.5 Å². The maximum absolute atomic E-state index is 13.1. The molecule has 192 valence electrons. The molecule has 0 aliphatic carbocycles. The number of imidazole rings is 1. The van der Waals surface area contributed by atoms with Gasteiger partial charge in [-0.05, 0) is 37.7 Å². The molecule has 0 aromatic carbocycles. The third kappa shape index (κ3) is 10.1. The lowest BCUT2D eigenvalue weighted by Gasteiger charge is -2.26. The van der Waals surface area contributed by atoms with E-state index in [1.165, 1.54) is 19.4 Å². The first kappa shape index (κ1) is 29.4. The van der Waals surface area contributed by atoms with Crippen molar-refractivity contribution in [3.05, 3.63) is 18.2 Å². The van der Waals surface area contributed by atoms with Crippen LogP contribution in [0.5, 0.6) is 0 Å². The van der Waals surface area contributed by atoms with Crippen molar-refractivity contribution in [2.75, 3.05) is 12.0 Å². The Morgan fingerprint density at radius 2 is 1.71 bits per heavy atom. The zero-order valence-corrected chi connectivity index (χ0v) is 20.7. The Morgan fingerprint density at radius 1 is 1.09 bits per heavy atom. The van der Waals surface area contributed by atoms with Crippen LogP contribution < -0.4 is 21.7 Å². The van der Waals surface area contributed by atoms with Crippen LogP contribution in [0, 0.1) is 5.92 Å². The molecule has 1 aromatic rings. The predicted octanol–water partition coefficient (Wildman–Crippen LogP) is -1.00. The third-order valence-corrected chi connectivity index (χ3v) is 5.61. The van der Waals surface area contributed by atoms with Crippen molar-refractivity contribution in [2.24, 2.45) is 11.7 Å². The average Bonchev–Trinajstić information content (AvgIpc) is 3.26. The summed E-state index contributed by atoms with van der Waals surface area (Å²) >= 11 is 1.55. The summed E-state index contributed by atoms with van der Waals surface area (Å²) in [5.41, 5.74) is 6.44. The fourth-order valence-corrected chi connectivity index (χ4v) is 3.59. The first-order valence-electron chi connectivity index (χ1n) is 11.0. The van der Waals surface area contributed by atoms with Crippen LogP contribution >= 0.6 is 11.8 Å². The number of thioether (sulfide) groups is 1. The number of aromatic nitrogens is 2. The van der Waals surface area contributed by atoms with E-state index in [2.05, 4.69) is 25.9 Å². The minimum absolute atomic E-state index is 0.0146. The molecule has 0 radical (unpaired) electrons. The molecule has 1 rings (SSSR count). The van der Waals surface area contributed by atoms with Gasteiger partial charge in [0.05, 0.1) is 18.5 Å². The molecule has 0 aliphatic rings. The third-order valence-electron chi connectivity index (χ3n) is 4.97. The van der Waals surface area contributed by atoms with E-state index in [4.69, 9.17) is 5.73 Å². The number of aliphatic hydroxyl groups excluding tert-OH is 1. The molecule has 0 saturated heterocycles. The van der Waals surface area contributed by atoms with Crippen molar-refractivity contribution in [2.45, 2.75) is 70.3 Å². The predicted molar refractivity (Wildman–Crippen MR) is 128 cm³/mol. The van der Waals surface area contributed by atoms with E-state index in [1.54, 1.807) is 11.8 Å². The number of nitrogens with two attached hydrogens (primary N) is 1. The molecule has 8 N–H and O–H groups in total. The second-order valence-electron chi connectivity index (χ2n) is 8.49. The summed E-state index contributed by atoms with van der Waals surface area (Å²) in [6, 6.07) is -4.47. The summed E-state index contributed by atoms with van der Waals surface area (Å²) in [5, 5.41) is 26.5. The van der Waals surface area contributed by atoms with Crippen LogP contribution in [0.4, 0.5) is 0 Å².